The summed E-state index contributed by atoms with van der Waals surface area (Å²) in [4.78, 5) is 12.3. The summed E-state index contributed by atoms with van der Waals surface area (Å²) in [7, 11) is -3.28. The van der Waals surface area contributed by atoms with Gasteiger partial charge in [-0.05, 0) is 43.5 Å². The van der Waals surface area contributed by atoms with Crippen molar-refractivity contribution in [2.24, 2.45) is 5.92 Å². The van der Waals surface area contributed by atoms with Gasteiger partial charge in [-0.25, -0.2) is 8.42 Å². The molecule has 2 heterocycles. The van der Waals surface area contributed by atoms with E-state index < -0.39 is 10.0 Å². The summed E-state index contributed by atoms with van der Waals surface area (Å²) in [6.07, 6.45) is 4.25. The molecule has 2 aliphatic heterocycles. The van der Waals surface area contributed by atoms with Gasteiger partial charge in [-0.2, -0.15) is 0 Å². The fourth-order valence-electron chi connectivity index (χ4n) is 3.18. The lowest BCUT2D eigenvalue weighted by molar-refractivity contribution is -0.120. The highest BCUT2D eigenvalue weighted by atomic mass is 32.2. The van der Waals surface area contributed by atoms with Gasteiger partial charge in [-0.15, -0.1) is 0 Å². The van der Waals surface area contributed by atoms with Crippen LogP contribution in [-0.2, 0) is 14.8 Å². The van der Waals surface area contributed by atoms with E-state index in [0.717, 1.165) is 19.1 Å². The Bertz CT molecular complexity index is 642. The van der Waals surface area contributed by atoms with Crippen molar-refractivity contribution >= 4 is 27.3 Å². The minimum Gasteiger partial charge on any atom is -0.326 e. The lowest BCUT2D eigenvalue weighted by Crippen LogP contribution is -2.32. The van der Waals surface area contributed by atoms with Crippen LogP contribution in [0.2, 0.25) is 0 Å². The van der Waals surface area contributed by atoms with E-state index in [1.165, 1.54) is 6.42 Å². The summed E-state index contributed by atoms with van der Waals surface area (Å²) in [5.74, 6) is 0.0797. The molecule has 7 heteroatoms. The maximum Gasteiger partial charge on any atom is 0.229 e. The topological polar surface area (TPSA) is 87.3 Å². The Morgan fingerprint density at radius 2 is 1.86 bits per heavy atom. The smallest absolute Gasteiger partial charge is 0.229 e. The average Bonchev–Trinajstić information content (AvgIpc) is 3.01. The molecule has 0 spiro atoms. The first-order valence-corrected chi connectivity index (χ1v) is 8.94. The lowest BCUT2D eigenvalue weighted by atomic mass is 9.88. The van der Waals surface area contributed by atoms with Crippen LogP contribution >= 0.6 is 0 Å². The zero-order valence-corrected chi connectivity index (χ0v) is 12.6. The summed E-state index contributed by atoms with van der Waals surface area (Å²) < 4.78 is 24.6. The van der Waals surface area contributed by atoms with Crippen molar-refractivity contribution in [3.05, 3.63) is 24.3 Å². The molecule has 3 unspecified atom stereocenters. The molecule has 2 aliphatic rings. The molecule has 0 saturated carbocycles. The minimum absolute atomic E-state index is 0.0394. The van der Waals surface area contributed by atoms with Crippen molar-refractivity contribution < 1.29 is 13.2 Å². The summed E-state index contributed by atoms with van der Waals surface area (Å²) in [5, 5.41) is 6.34. The van der Waals surface area contributed by atoms with E-state index in [4.69, 9.17) is 0 Å². The van der Waals surface area contributed by atoms with E-state index in [0.29, 0.717) is 23.5 Å². The summed E-state index contributed by atoms with van der Waals surface area (Å²) in [6.45, 7) is 0. The van der Waals surface area contributed by atoms with Gasteiger partial charge in [-0.1, -0.05) is 0 Å². The monoisotopic (exact) mass is 309 g/mol. The van der Waals surface area contributed by atoms with Gasteiger partial charge < -0.3 is 10.6 Å². The summed E-state index contributed by atoms with van der Waals surface area (Å²) in [6, 6.07) is 7.47. The van der Waals surface area contributed by atoms with Crippen LogP contribution in [0.5, 0.6) is 0 Å². The third kappa shape index (κ3) is 3.36. The van der Waals surface area contributed by atoms with E-state index in [2.05, 4.69) is 15.4 Å². The zero-order chi connectivity index (χ0) is 15.0. The van der Waals surface area contributed by atoms with Gasteiger partial charge in [0.1, 0.15) is 0 Å². The molecule has 3 atom stereocenters. The third-order valence-electron chi connectivity index (χ3n) is 4.09. The van der Waals surface area contributed by atoms with Crippen molar-refractivity contribution in [1.82, 2.24) is 5.32 Å². The lowest BCUT2D eigenvalue weighted by Gasteiger charge is -2.19. The van der Waals surface area contributed by atoms with E-state index in [1.807, 2.05) is 0 Å². The molecule has 2 bridgehead atoms. The van der Waals surface area contributed by atoms with Crippen LogP contribution in [0.3, 0.4) is 0 Å². The SMILES string of the molecule is CS(=O)(=O)Nc1ccc(NC(=O)C2CC3CCC2N3)cc1. The number of hydrogen-bond acceptors (Lipinski definition) is 4. The molecular weight excluding hydrogens is 290 g/mol. The van der Waals surface area contributed by atoms with Gasteiger partial charge in [-0.3, -0.25) is 9.52 Å². The van der Waals surface area contributed by atoms with Crippen molar-refractivity contribution in [2.75, 3.05) is 16.3 Å². The van der Waals surface area contributed by atoms with Gasteiger partial charge in [0.05, 0.1) is 12.2 Å². The zero-order valence-electron chi connectivity index (χ0n) is 11.8. The maximum absolute atomic E-state index is 12.3. The molecule has 21 heavy (non-hydrogen) atoms. The second-order valence-corrected chi connectivity index (χ2v) is 7.58. The van der Waals surface area contributed by atoms with Crippen LogP contribution in [0.4, 0.5) is 11.4 Å². The number of nitrogens with one attached hydrogen (secondary N) is 3. The molecule has 2 saturated heterocycles. The molecule has 0 aromatic heterocycles. The number of amides is 1. The second-order valence-electron chi connectivity index (χ2n) is 5.83. The Hall–Kier alpha value is -1.60. The first-order valence-electron chi connectivity index (χ1n) is 7.05. The Balaban J connectivity index is 1.61. The van der Waals surface area contributed by atoms with Crippen LogP contribution < -0.4 is 15.4 Å². The van der Waals surface area contributed by atoms with Gasteiger partial charge in [0, 0.05) is 23.5 Å². The third-order valence-corrected chi connectivity index (χ3v) is 4.70. The largest absolute Gasteiger partial charge is 0.326 e. The van der Waals surface area contributed by atoms with Gasteiger partial charge in [0.2, 0.25) is 15.9 Å². The molecule has 6 nitrogen and oxygen atoms in total. The van der Waals surface area contributed by atoms with E-state index in [-0.39, 0.29) is 11.8 Å². The number of fused-ring (bicyclic) bond motifs is 2. The number of rotatable bonds is 4. The molecular formula is C14H19N3O3S. The van der Waals surface area contributed by atoms with E-state index in [1.54, 1.807) is 24.3 Å². The van der Waals surface area contributed by atoms with Crippen LogP contribution in [0.25, 0.3) is 0 Å². The maximum atomic E-state index is 12.3. The van der Waals surface area contributed by atoms with Crippen LogP contribution in [-0.4, -0.2) is 32.7 Å². The second kappa shape index (κ2) is 5.31. The normalized spacial score (nSPS) is 27.6. The Morgan fingerprint density at radius 1 is 1.19 bits per heavy atom. The molecule has 3 N–H and O–H groups in total. The predicted octanol–water partition coefficient (Wildman–Crippen LogP) is 1.14. The number of anilines is 2. The number of carbonyl (C=O) groups excluding carboxylic acids is 1. The number of benzene rings is 1. The fourth-order valence-corrected chi connectivity index (χ4v) is 3.75. The Kier molecular flexibility index (Phi) is 3.62. The highest BCUT2D eigenvalue weighted by Crippen LogP contribution is 2.33. The van der Waals surface area contributed by atoms with Crippen LogP contribution in [0.1, 0.15) is 19.3 Å². The highest BCUT2D eigenvalue weighted by Gasteiger charge is 2.42. The van der Waals surface area contributed by atoms with Crippen molar-refractivity contribution in [3.63, 3.8) is 0 Å². The van der Waals surface area contributed by atoms with Crippen molar-refractivity contribution in [3.8, 4) is 0 Å². The molecule has 3 rings (SSSR count). The van der Waals surface area contributed by atoms with Crippen LogP contribution in [0, 0.1) is 5.92 Å². The highest BCUT2D eigenvalue weighted by molar-refractivity contribution is 7.92. The van der Waals surface area contributed by atoms with Gasteiger partial charge in [0.25, 0.3) is 0 Å². The van der Waals surface area contributed by atoms with E-state index in [9.17, 15) is 13.2 Å². The van der Waals surface area contributed by atoms with E-state index >= 15 is 0 Å². The summed E-state index contributed by atoms with van der Waals surface area (Å²) in [5.41, 5.74) is 1.17. The quantitative estimate of drug-likeness (QED) is 0.778. The number of hydrogen-bond donors (Lipinski definition) is 3. The average molecular weight is 309 g/mol. The molecule has 1 aromatic carbocycles. The Morgan fingerprint density at radius 3 is 2.38 bits per heavy atom. The van der Waals surface area contributed by atoms with Gasteiger partial charge >= 0.3 is 0 Å². The molecule has 0 aliphatic carbocycles. The van der Waals surface area contributed by atoms with Crippen molar-refractivity contribution in [1.29, 1.82) is 0 Å². The number of carbonyl (C=O) groups is 1. The number of sulfonamides is 1. The molecule has 0 radical (unpaired) electrons. The van der Waals surface area contributed by atoms with Crippen molar-refractivity contribution in [2.45, 2.75) is 31.3 Å². The molecule has 114 valence electrons. The minimum atomic E-state index is -3.28. The standard InChI is InChI=1S/C14H19N3O3S/c1-21(19,20)17-10-4-2-9(3-5-10)16-14(18)12-8-11-6-7-13(12)15-11/h2-5,11-13,15,17H,6-8H2,1H3,(H,16,18). The first kappa shape index (κ1) is 14.3. The molecule has 1 amide bonds. The molecule has 2 fully saturated rings. The fraction of sp³-hybridized carbons (Fsp3) is 0.500. The van der Waals surface area contributed by atoms with Gasteiger partial charge in [0.15, 0.2) is 0 Å². The molecule has 1 aromatic rings. The summed E-state index contributed by atoms with van der Waals surface area (Å²) >= 11 is 0. The predicted molar refractivity (Wildman–Crippen MR) is 81.6 cm³/mol. The first-order chi connectivity index (χ1) is 9.90. The Labute approximate surface area is 124 Å². The van der Waals surface area contributed by atoms with Crippen LogP contribution in [0.15, 0.2) is 24.3 Å².